The minimum atomic E-state index is -0.152. The summed E-state index contributed by atoms with van der Waals surface area (Å²) in [5, 5.41) is 13.1. The van der Waals surface area contributed by atoms with Crippen molar-refractivity contribution in [2.24, 2.45) is 0 Å². The van der Waals surface area contributed by atoms with E-state index in [-0.39, 0.29) is 12.0 Å². The zero-order valence-electron chi connectivity index (χ0n) is 17.5. The van der Waals surface area contributed by atoms with Crippen molar-refractivity contribution in [3.05, 3.63) is 47.8 Å². The molecule has 0 unspecified atom stereocenters. The number of likely N-dealkylation sites (tertiary alicyclic amines) is 1. The number of rotatable bonds is 6. The predicted molar refractivity (Wildman–Crippen MR) is 116 cm³/mol. The third kappa shape index (κ3) is 5.06. The highest BCUT2D eigenvalue weighted by Gasteiger charge is 2.22. The van der Waals surface area contributed by atoms with Crippen LogP contribution in [-0.2, 0) is 17.9 Å². The maximum absolute atomic E-state index is 12.0. The normalized spacial score (nSPS) is 18.7. The summed E-state index contributed by atoms with van der Waals surface area (Å²) in [5.74, 6) is 1.63. The number of benzene rings is 1. The number of carbonyl (C=O) groups excluding carboxylic acids is 1. The van der Waals surface area contributed by atoms with Gasteiger partial charge in [-0.1, -0.05) is 24.3 Å². The molecule has 0 atom stereocenters. The number of nitrogens with one attached hydrogen (secondary N) is 1. The number of hydrogen-bond acceptors (Lipinski definition) is 7. The lowest BCUT2D eigenvalue weighted by Gasteiger charge is -2.32. The van der Waals surface area contributed by atoms with Crippen LogP contribution in [0, 0.1) is 0 Å². The van der Waals surface area contributed by atoms with E-state index in [0.29, 0.717) is 19.6 Å². The molecule has 2 fully saturated rings. The fraction of sp³-hybridized carbons (Fsp3) is 0.500. The summed E-state index contributed by atoms with van der Waals surface area (Å²) >= 11 is 0. The van der Waals surface area contributed by atoms with Crippen LogP contribution >= 0.6 is 0 Å². The van der Waals surface area contributed by atoms with Crippen molar-refractivity contribution in [1.82, 2.24) is 19.8 Å². The molecule has 1 amide bonds. The summed E-state index contributed by atoms with van der Waals surface area (Å²) < 4.78 is 0. The Morgan fingerprint density at radius 1 is 1.10 bits per heavy atom. The molecule has 1 aromatic carbocycles. The maximum Gasteiger partial charge on any atom is 0.241 e. The lowest BCUT2D eigenvalue weighted by Crippen LogP contribution is -2.48. The summed E-state index contributed by atoms with van der Waals surface area (Å²) in [7, 11) is 1.83. The van der Waals surface area contributed by atoms with Gasteiger partial charge in [0.25, 0.3) is 0 Å². The van der Waals surface area contributed by atoms with Crippen LogP contribution in [0.5, 0.6) is 0 Å². The van der Waals surface area contributed by atoms with E-state index in [2.05, 4.69) is 44.5 Å². The number of hydrogen-bond donors (Lipinski definition) is 2. The second-order valence-corrected chi connectivity index (χ2v) is 8.13. The van der Waals surface area contributed by atoms with Crippen molar-refractivity contribution < 1.29 is 9.90 Å². The Kier molecular flexibility index (Phi) is 6.44. The Labute approximate surface area is 177 Å². The number of nitrogens with zero attached hydrogens (tertiary/aromatic N) is 5. The molecule has 0 bridgehead atoms. The van der Waals surface area contributed by atoms with E-state index in [4.69, 9.17) is 0 Å². The highest BCUT2D eigenvalue weighted by atomic mass is 16.3. The summed E-state index contributed by atoms with van der Waals surface area (Å²) in [6.45, 7) is 5.25. The minimum absolute atomic E-state index is 0.105. The zero-order chi connectivity index (χ0) is 20.9. The van der Waals surface area contributed by atoms with Crippen molar-refractivity contribution in [2.45, 2.75) is 32.0 Å². The topological polar surface area (TPSA) is 84.8 Å². The molecule has 160 valence electrons. The van der Waals surface area contributed by atoms with Crippen molar-refractivity contribution >= 4 is 17.5 Å². The van der Waals surface area contributed by atoms with Crippen LogP contribution < -0.4 is 10.2 Å². The molecule has 8 heteroatoms. The Bertz CT molecular complexity index is 868. The van der Waals surface area contributed by atoms with Gasteiger partial charge in [-0.2, -0.15) is 0 Å². The van der Waals surface area contributed by atoms with Crippen LogP contribution in [0.4, 0.5) is 11.6 Å². The molecule has 2 aliphatic rings. The van der Waals surface area contributed by atoms with E-state index < -0.39 is 0 Å². The van der Waals surface area contributed by atoms with Crippen molar-refractivity contribution in [3.63, 3.8) is 0 Å². The van der Waals surface area contributed by atoms with Crippen LogP contribution in [-0.4, -0.2) is 76.7 Å². The molecular formula is C22H30N6O2. The zero-order valence-corrected chi connectivity index (χ0v) is 17.5. The number of anilines is 2. The quantitative estimate of drug-likeness (QED) is 0.743. The van der Waals surface area contributed by atoms with Gasteiger partial charge in [0.05, 0.1) is 12.6 Å². The average Bonchev–Trinajstić information content (AvgIpc) is 2.77. The fourth-order valence-corrected chi connectivity index (χ4v) is 3.96. The number of amides is 1. The summed E-state index contributed by atoms with van der Waals surface area (Å²) in [6.07, 6.45) is 3.09. The second kappa shape index (κ2) is 9.40. The lowest BCUT2D eigenvalue weighted by molar-refractivity contribution is -0.129. The Morgan fingerprint density at radius 3 is 2.63 bits per heavy atom. The van der Waals surface area contributed by atoms with Crippen molar-refractivity contribution in [1.29, 1.82) is 0 Å². The van der Waals surface area contributed by atoms with Gasteiger partial charge in [-0.3, -0.25) is 9.69 Å². The lowest BCUT2D eigenvalue weighted by atomic mass is 10.0. The van der Waals surface area contributed by atoms with Gasteiger partial charge in [-0.15, -0.1) is 0 Å². The SMILES string of the molecule is CN1CCN(c2cc(NCc3ccccc3CN3CCC(O)CC3)ncn2)CC1=O. The van der Waals surface area contributed by atoms with Crippen LogP contribution in [0.2, 0.25) is 0 Å². The molecule has 2 aromatic rings. The minimum Gasteiger partial charge on any atom is -0.393 e. The number of aliphatic hydroxyl groups excluding tert-OH is 1. The van der Waals surface area contributed by atoms with Gasteiger partial charge in [0.1, 0.15) is 18.0 Å². The maximum atomic E-state index is 12.0. The third-order valence-corrected chi connectivity index (χ3v) is 5.96. The number of piperidine rings is 1. The predicted octanol–water partition coefficient (Wildman–Crippen LogP) is 1.32. The standard InChI is InChI=1S/C22H30N6O2/c1-26-10-11-28(15-22(26)30)21-12-20(24-16-25-21)23-13-17-4-2-3-5-18(17)14-27-8-6-19(29)7-9-27/h2-5,12,16,19,29H,6-11,13-15H2,1H3,(H,23,24,25). The van der Waals surface area contributed by atoms with Gasteiger partial charge in [0.15, 0.2) is 0 Å². The first kappa shape index (κ1) is 20.6. The highest BCUT2D eigenvalue weighted by molar-refractivity contribution is 5.82. The van der Waals surface area contributed by atoms with Gasteiger partial charge >= 0.3 is 0 Å². The van der Waals surface area contributed by atoms with Gasteiger partial charge in [-0.25, -0.2) is 9.97 Å². The molecule has 1 aromatic heterocycles. The average molecular weight is 411 g/mol. The molecular weight excluding hydrogens is 380 g/mol. The number of aliphatic hydroxyl groups is 1. The number of likely N-dealkylation sites (N-methyl/N-ethyl adjacent to an activating group) is 1. The van der Waals surface area contributed by atoms with Crippen molar-refractivity contribution in [3.8, 4) is 0 Å². The van der Waals surface area contributed by atoms with Gasteiger partial charge in [0, 0.05) is 52.4 Å². The Morgan fingerprint density at radius 2 is 1.87 bits per heavy atom. The number of aromatic nitrogens is 2. The van der Waals surface area contributed by atoms with E-state index in [1.54, 1.807) is 11.2 Å². The van der Waals surface area contributed by atoms with Gasteiger partial charge in [0.2, 0.25) is 5.91 Å². The molecule has 0 radical (unpaired) electrons. The molecule has 0 saturated carbocycles. The van der Waals surface area contributed by atoms with Crippen LogP contribution in [0.25, 0.3) is 0 Å². The van der Waals surface area contributed by atoms with E-state index in [0.717, 1.165) is 50.7 Å². The van der Waals surface area contributed by atoms with Gasteiger partial charge < -0.3 is 20.2 Å². The first-order chi connectivity index (χ1) is 14.6. The molecule has 0 aliphatic carbocycles. The molecule has 0 spiro atoms. The summed E-state index contributed by atoms with van der Waals surface area (Å²) in [5.41, 5.74) is 2.53. The highest BCUT2D eigenvalue weighted by Crippen LogP contribution is 2.19. The smallest absolute Gasteiger partial charge is 0.241 e. The van der Waals surface area contributed by atoms with Crippen LogP contribution in [0.3, 0.4) is 0 Å². The first-order valence-electron chi connectivity index (χ1n) is 10.6. The largest absolute Gasteiger partial charge is 0.393 e. The first-order valence-corrected chi connectivity index (χ1v) is 10.6. The molecule has 2 N–H and O–H groups in total. The summed E-state index contributed by atoms with van der Waals surface area (Å²) in [6, 6.07) is 10.4. The summed E-state index contributed by atoms with van der Waals surface area (Å²) in [4.78, 5) is 26.9. The second-order valence-electron chi connectivity index (χ2n) is 8.13. The molecule has 8 nitrogen and oxygen atoms in total. The Balaban J connectivity index is 1.39. The Hall–Kier alpha value is -2.71. The van der Waals surface area contributed by atoms with E-state index in [1.807, 2.05) is 18.0 Å². The molecule has 3 heterocycles. The van der Waals surface area contributed by atoms with E-state index in [9.17, 15) is 9.90 Å². The van der Waals surface area contributed by atoms with Gasteiger partial charge in [-0.05, 0) is 24.0 Å². The monoisotopic (exact) mass is 410 g/mol. The fourth-order valence-electron chi connectivity index (χ4n) is 3.96. The third-order valence-electron chi connectivity index (χ3n) is 5.96. The van der Waals surface area contributed by atoms with Crippen LogP contribution in [0.15, 0.2) is 36.7 Å². The molecule has 2 saturated heterocycles. The molecule has 4 rings (SSSR count). The number of piperazine rings is 1. The van der Waals surface area contributed by atoms with Crippen LogP contribution in [0.1, 0.15) is 24.0 Å². The number of carbonyl (C=O) groups is 1. The van der Waals surface area contributed by atoms with E-state index >= 15 is 0 Å². The molecule has 2 aliphatic heterocycles. The van der Waals surface area contributed by atoms with Crippen molar-refractivity contribution in [2.75, 3.05) is 50.0 Å². The molecule has 30 heavy (non-hydrogen) atoms. The van der Waals surface area contributed by atoms with E-state index in [1.165, 1.54) is 11.1 Å².